The highest BCUT2D eigenvalue weighted by Crippen LogP contribution is 2.32. The van der Waals surface area contributed by atoms with Crippen LogP contribution in [0, 0.1) is 11.8 Å². The van der Waals surface area contributed by atoms with Crippen molar-refractivity contribution in [1.82, 2.24) is 10.2 Å². The Morgan fingerprint density at radius 2 is 2.10 bits per heavy atom. The number of halogens is 1. The third-order valence-electron chi connectivity index (χ3n) is 4.19. The lowest BCUT2D eigenvalue weighted by atomic mass is 9.79. The molecular weight excluding hydrogens is 350 g/mol. The Morgan fingerprint density at radius 1 is 1.33 bits per heavy atom. The number of hydrogen-bond acceptors (Lipinski definition) is 4. The third kappa shape index (κ3) is 5.33. The van der Waals surface area contributed by atoms with Crippen LogP contribution in [-0.2, 0) is 11.2 Å². The zero-order valence-electron chi connectivity index (χ0n) is 12.6. The zero-order chi connectivity index (χ0) is 15.1. The molecular formula is C15H24BrN3OS. The van der Waals surface area contributed by atoms with Gasteiger partial charge in [-0.1, -0.05) is 53.5 Å². The van der Waals surface area contributed by atoms with Crippen molar-refractivity contribution in [2.75, 3.05) is 10.6 Å². The van der Waals surface area contributed by atoms with Crippen LogP contribution in [0.15, 0.2) is 0 Å². The molecule has 0 spiro atoms. The molecule has 6 heteroatoms. The quantitative estimate of drug-likeness (QED) is 0.720. The summed E-state index contributed by atoms with van der Waals surface area (Å²) in [6, 6.07) is 0. The lowest BCUT2D eigenvalue weighted by Crippen LogP contribution is -2.27. The minimum Gasteiger partial charge on any atom is -0.300 e. The number of aryl methyl sites for hydroxylation is 1. The minimum atomic E-state index is 0.130. The van der Waals surface area contributed by atoms with Gasteiger partial charge in [0.1, 0.15) is 5.01 Å². The summed E-state index contributed by atoms with van der Waals surface area (Å²) in [5.74, 6) is 1.12. The molecule has 0 bridgehead atoms. The molecule has 1 amide bonds. The van der Waals surface area contributed by atoms with E-state index in [-0.39, 0.29) is 11.8 Å². The standard InChI is InChI=1S/C15H24BrN3OS/c1-2-3-4-11-5-7-12(8-6-11)14(20)17-15-19-18-13(21-15)9-10-16/h11-12H,2-10H2,1H3,(H,17,19,20). The fourth-order valence-electron chi connectivity index (χ4n) is 2.90. The first-order valence-electron chi connectivity index (χ1n) is 7.92. The first kappa shape index (κ1) is 16.9. The van der Waals surface area contributed by atoms with Gasteiger partial charge in [-0.3, -0.25) is 4.79 Å². The number of rotatable bonds is 7. The highest BCUT2D eigenvalue weighted by atomic mass is 79.9. The van der Waals surface area contributed by atoms with E-state index in [4.69, 9.17) is 0 Å². The van der Waals surface area contributed by atoms with E-state index in [2.05, 4.69) is 38.4 Å². The van der Waals surface area contributed by atoms with Gasteiger partial charge in [0.25, 0.3) is 0 Å². The molecule has 0 unspecified atom stereocenters. The summed E-state index contributed by atoms with van der Waals surface area (Å²) in [4.78, 5) is 12.3. The second-order valence-electron chi connectivity index (χ2n) is 5.79. The number of unbranched alkanes of at least 4 members (excludes halogenated alkanes) is 1. The molecule has 118 valence electrons. The molecule has 0 aliphatic heterocycles. The molecule has 0 radical (unpaired) electrons. The van der Waals surface area contributed by atoms with E-state index < -0.39 is 0 Å². The average molecular weight is 374 g/mol. The second kappa shape index (κ2) is 8.83. The summed E-state index contributed by atoms with van der Waals surface area (Å²) in [6.45, 7) is 2.24. The summed E-state index contributed by atoms with van der Waals surface area (Å²) >= 11 is 4.86. The van der Waals surface area contributed by atoms with Gasteiger partial charge in [-0.05, 0) is 31.6 Å². The first-order chi connectivity index (χ1) is 10.2. The maximum absolute atomic E-state index is 12.3. The number of alkyl halides is 1. The van der Waals surface area contributed by atoms with Crippen molar-refractivity contribution >= 4 is 38.3 Å². The Labute approximate surface area is 139 Å². The molecule has 0 aromatic carbocycles. The number of carbonyl (C=O) groups excluding carboxylic acids is 1. The smallest absolute Gasteiger partial charge is 0.229 e. The molecule has 4 nitrogen and oxygen atoms in total. The number of carbonyl (C=O) groups is 1. The number of nitrogens with zero attached hydrogens (tertiary/aromatic N) is 2. The Balaban J connectivity index is 1.76. The maximum atomic E-state index is 12.3. The van der Waals surface area contributed by atoms with Crippen LogP contribution in [0.3, 0.4) is 0 Å². The van der Waals surface area contributed by atoms with Crippen molar-refractivity contribution in [2.24, 2.45) is 11.8 Å². The molecule has 1 heterocycles. The molecule has 1 saturated carbocycles. The van der Waals surface area contributed by atoms with Crippen LogP contribution in [0.4, 0.5) is 5.13 Å². The highest BCUT2D eigenvalue weighted by molar-refractivity contribution is 9.09. The van der Waals surface area contributed by atoms with E-state index in [0.717, 1.165) is 35.5 Å². The van der Waals surface area contributed by atoms with Crippen molar-refractivity contribution in [3.05, 3.63) is 5.01 Å². The fourth-order valence-corrected chi connectivity index (χ4v) is 4.28. The summed E-state index contributed by atoms with van der Waals surface area (Å²) in [7, 11) is 0. The fraction of sp³-hybridized carbons (Fsp3) is 0.800. The zero-order valence-corrected chi connectivity index (χ0v) is 15.0. The second-order valence-corrected chi connectivity index (χ2v) is 7.64. The molecule has 1 aliphatic rings. The Hall–Kier alpha value is -0.490. The van der Waals surface area contributed by atoms with Crippen molar-refractivity contribution in [3.8, 4) is 0 Å². The molecule has 2 rings (SSSR count). The summed E-state index contributed by atoms with van der Waals surface area (Å²) in [6.07, 6.45) is 9.22. The van der Waals surface area contributed by atoms with Gasteiger partial charge in [0.15, 0.2) is 0 Å². The van der Waals surface area contributed by atoms with Crippen LogP contribution >= 0.6 is 27.3 Å². The van der Waals surface area contributed by atoms with Gasteiger partial charge in [-0.15, -0.1) is 10.2 Å². The lowest BCUT2D eigenvalue weighted by molar-refractivity contribution is -0.121. The van der Waals surface area contributed by atoms with Crippen LogP contribution in [0.25, 0.3) is 0 Å². The van der Waals surface area contributed by atoms with Gasteiger partial charge in [0.2, 0.25) is 11.0 Å². The SMILES string of the molecule is CCCCC1CCC(C(=O)Nc2nnc(CCBr)s2)CC1. The van der Waals surface area contributed by atoms with Crippen molar-refractivity contribution in [2.45, 2.75) is 58.3 Å². The monoisotopic (exact) mass is 373 g/mol. The summed E-state index contributed by atoms with van der Waals surface area (Å²) < 4.78 is 0. The van der Waals surface area contributed by atoms with E-state index in [1.54, 1.807) is 0 Å². The lowest BCUT2D eigenvalue weighted by Gasteiger charge is -2.27. The summed E-state index contributed by atoms with van der Waals surface area (Å²) in [5, 5.41) is 13.5. The third-order valence-corrected chi connectivity index (χ3v) is 5.48. The van der Waals surface area contributed by atoms with E-state index in [1.807, 2.05) is 0 Å². The van der Waals surface area contributed by atoms with Crippen LogP contribution < -0.4 is 5.32 Å². The van der Waals surface area contributed by atoms with Crippen molar-refractivity contribution in [3.63, 3.8) is 0 Å². The van der Waals surface area contributed by atoms with E-state index in [0.29, 0.717) is 5.13 Å². The van der Waals surface area contributed by atoms with Crippen LogP contribution in [0.1, 0.15) is 56.9 Å². The Morgan fingerprint density at radius 3 is 2.76 bits per heavy atom. The molecule has 1 aliphatic carbocycles. The number of aromatic nitrogens is 2. The van der Waals surface area contributed by atoms with E-state index in [9.17, 15) is 4.79 Å². The van der Waals surface area contributed by atoms with Crippen LogP contribution in [0.5, 0.6) is 0 Å². The molecule has 0 atom stereocenters. The number of anilines is 1. The van der Waals surface area contributed by atoms with Crippen molar-refractivity contribution in [1.29, 1.82) is 0 Å². The summed E-state index contributed by atoms with van der Waals surface area (Å²) in [5.41, 5.74) is 0. The van der Waals surface area contributed by atoms with Gasteiger partial charge in [0, 0.05) is 17.7 Å². The van der Waals surface area contributed by atoms with Crippen molar-refractivity contribution < 1.29 is 4.79 Å². The van der Waals surface area contributed by atoms with Crippen LogP contribution in [-0.4, -0.2) is 21.4 Å². The molecule has 21 heavy (non-hydrogen) atoms. The number of amides is 1. The topological polar surface area (TPSA) is 54.9 Å². The number of hydrogen-bond donors (Lipinski definition) is 1. The minimum absolute atomic E-state index is 0.130. The van der Waals surface area contributed by atoms with Gasteiger partial charge in [-0.25, -0.2) is 0 Å². The predicted molar refractivity (Wildman–Crippen MR) is 91.0 cm³/mol. The van der Waals surface area contributed by atoms with E-state index >= 15 is 0 Å². The molecule has 1 aromatic rings. The first-order valence-corrected chi connectivity index (χ1v) is 9.86. The Bertz CT molecular complexity index is 444. The molecule has 1 aromatic heterocycles. The average Bonchev–Trinajstić information content (AvgIpc) is 2.93. The van der Waals surface area contributed by atoms with Gasteiger partial charge in [-0.2, -0.15) is 0 Å². The molecule has 1 fully saturated rings. The van der Waals surface area contributed by atoms with E-state index in [1.165, 1.54) is 43.4 Å². The largest absolute Gasteiger partial charge is 0.300 e. The van der Waals surface area contributed by atoms with Gasteiger partial charge in [0.05, 0.1) is 0 Å². The highest BCUT2D eigenvalue weighted by Gasteiger charge is 2.26. The van der Waals surface area contributed by atoms with Gasteiger partial charge >= 0.3 is 0 Å². The molecule has 0 saturated heterocycles. The number of nitrogens with one attached hydrogen (secondary N) is 1. The normalized spacial score (nSPS) is 22.2. The van der Waals surface area contributed by atoms with Crippen LogP contribution in [0.2, 0.25) is 0 Å². The maximum Gasteiger partial charge on any atom is 0.229 e. The predicted octanol–water partition coefficient (Wildman–Crippen LogP) is 4.41. The Kier molecular flexibility index (Phi) is 7.10. The molecule has 1 N–H and O–H groups in total. The van der Waals surface area contributed by atoms with Gasteiger partial charge < -0.3 is 5.32 Å².